The van der Waals surface area contributed by atoms with Gasteiger partial charge in [0.1, 0.15) is 0 Å². The van der Waals surface area contributed by atoms with Crippen LogP contribution in [0.1, 0.15) is 6.42 Å². The molecule has 0 unspecified atom stereocenters. The molecule has 0 bridgehead atoms. The van der Waals surface area contributed by atoms with Crippen molar-refractivity contribution in [3.8, 4) is 0 Å². The fourth-order valence-corrected chi connectivity index (χ4v) is 2.19. The van der Waals surface area contributed by atoms with Gasteiger partial charge in [0, 0.05) is 20.3 Å². The number of aliphatic imine (C=N–C) groups is 1. The lowest BCUT2D eigenvalue weighted by Crippen LogP contribution is -2.09. The normalized spacial score (nSPS) is 11.7. The van der Waals surface area contributed by atoms with Crippen LogP contribution in [0.5, 0.6) is 0 Å². The monoisotopic (exact) mass is 306 g/mol. The average Bonchev–Trinajstić information content (AvgIpc) is 2.36. The van der Waals surface area contributed by atoms with E-state index in [4.69, 9.17) is 27.9 Å². The lowest BCUT2D eigenvalue weighted by Gasteiger charge is -2.11. The van der Waals surface area contributed by atoms with Gasteiger partial charge in [-0.1, -0.05) is 41.0 Å². The molecule has 1 aromatic rings. The molecule has 0 saturated heterocycles. The standard InChI is InChI=1S/C12H16Cl2N2OS/c1-17-8-4-7-15-12(18-2)16-11-9(13)5-3-6-10(11)14/h3,5-6H,4,7-8H2,1-2H3,(H,15,16). The highest BCUT2D eigenvalue weighted by molar-refractivity contribution is 8.13. The molecule has 0 radical (unpaired) electrons. The Morgan fingerprint density at radius 1 is 1.39 bits per heavy atom. The third-order valence-corrected chi connectivity index (χ3v) is 3.40. The molecule has 0 spiro atoms. The van der Waals surface area contributed by atoms with Crippen molar-refractivity contribution in [1.29, 1.82) is 0 Å². The molecule has 0 aliphatic heterocycles. The molecule has 0 aliphatic rings. The van der Waals surface area contributed by atoms with Gasteiger partial charge in [0.15, 0.2) is 5.17 Å². The number of halogens is 2. The molecular formula is C12H16Cl2N2OS. The van der Waals surface area contributed by atoms with E-state index >= 15 is 0 Å². The predicted molar refractivity (Wildman–Crippen MR) is 82.4 cm³/mol. The first-order chi connectivity index (χ1) is 8.69. The maximum Gasteiger partial charge on any atom is 0.160 e. The molecule has 18 heavy (non-hydrogen) atoms. The van der Waals surface area contributed by atoms with E-state index in [1.165, 1.54) is 11.8 Å². The lowest BCUT2D eigenvalue weighted by atomic mass is 10.3. The van der Waals surface area contributed by atoms with Gasteiger partial charge in [-0.15, -0.1) is 0 Å². The van der Waals surface area contributed by atoms with Crippen LogP contribution >= 0.6 is 35.0 Å². The van der Waals surface area contributed by atoms with E-state index in [-0.39, 0.29) is 0 Å². The Morgan fingerprint density at radius 2 is 2.06 bits per heavy atom. The molecule has 1 N–H and O–H groups in total. The fourth-order valence-electron chi connectivity index (χ4n) is 1.27. The van der Waals surface area contributed by atoms with E-state index in [9.17, 15) is 0 Å². The first-order valence-corrected chi connectivity index (χ1v) is 7.45. The van der Waals surface area contributed by atoms with Crippen LogP contribution in [0, 0.1) is 0 Å². The van der Waals surface area contributed by atoms with Gasteiger partial charge in [-0.2, -0.15) is 0 Å². The Hall–Kier alpha value is -0.420. The van der Waals surface area contributed by atoms with Crippen molar-refractivity contribution in [2.24, 2.45) is 4.99 Å². The number of ether oxygens (including phenoxy) is 1. The zero-order chi connectivity index (χ0) is 13.4. The predicted octanol–water partition coefficient (Wildman–Crippen LogP) is 4.16. The minimum atomic E-state index is 0.584. The molecule has 0 saturated carbocycles. The van der Waals surface area contributed by atoms with Crippen LogP contribution in [-0.2, 0) is 4.74 Å². The average molecular weight is 307 g/mol. The van der Waals surface area contributed by atoms with Crippen LogP contribution in [0.25, 0.3) is 0 Å². The van der Waals surface area contributed by atoms with Crippen LogP contribution in [-0.4, -0.2) is 31.7 Å². The van der Waals surface area contributed by atoms with Crippen molar-refractivity contribution in [3.05, 3.63) is 28.2 Å². The van der Waals surface area contributed by atoms with Crippen molar-refractivity contribution in [2.75, 3.05) is 31.8 Å². The summed E-state index contributed by atoms with van der Waals surface area (Å²) in [4.78, 5) is 4.43. The number of rotatable bonds is 5. The topological polar surface area (TPSA) is 33.6 Å². The van der Waals surface area contributed by atoms with E-state index in [2.05, 4.69) is 10.3 Å². The summed E-state index contributed by atoms with van der Waals surface area (Å²) in [6, 6.07) is 5.39. The number of nitrogens with zero attached hydrogens (tertiary/aromatic N) is 1. The van der Waals surface area contributed by atoms with Crippen LogP contribution in [0.15, 0.2) is 23.2 Å². The van der Waals surface area contributed by atoms with Gasteiger partial charge in [0.25, 0.3) is 0 Å². The molecule has 0 atom stereocenters. The third kappa shape index (κ3) is 5.06. The first kappa shape index (κ1) is 15.6. The summed E-state index contributed by atoms with van der Waals surface area (Å²) < 4.78 is 4.98. The van der Waals surface area contributed by atoms with Gasteiger partial charge in [0.2, 0.25) is 0 Å². The van der Waals surface area contributed by atoms with Crippen LogP contribution in [0.2, 0.25) is 10.0 Å². The number of hydrogen-bond donors (Lipinski definition) is 1. The molecular weight excluding hydrogens is 291 g/mol. The maximum atomic E-state index is 6.08. The summed E-state index contributed by atoms with van der Waals surface area (Å²) in [7, 11) is 1.68. The highest BCUT2D eigenvalue weighted by atomic mass is 35.5. The molecule has 0 aliphatic carbocycles. The summed E-state index contributed by atoms with van der Waals surface area (Å²) in [6.45, 7) is 1.41. The van der Waals surface area contributed by atoms with Crippen molar-refractivity contribution in [2.45, 2.75) is 6.42 Å². The fraction of sp³-hybridized carbons (Fsp3) is 0.417. The number of nitrogens with one attached hydrogen (secondary N) is 1. The highest BCUT2D eigenvalue weighted by Crippen LogP contribution is 2.30. The van der Waals surface area contributed by atoms with E-state index < -0.39 is 0 Å². The summed E-state index contributed by atoms with van der Waals surface area (Å²) in [5, 5.41) is 5.11. The second-order valence-corrected chi connectivity index (χ2v) is 5.07. The summed E-state index contributed by atoms with van der Waals surface area (Å²) in [5.74, 6) is 0. The molecule has 0 heterocycles. The summed E-state index contributed by atoms with van der Waals surface area (Å²) >= 11 is 13.7. The lowest BCUT2D eigenvalue weighted by molar-refractivity contribution is 0.197. The molecule has 6 heteroatoms. The third-order valence-electron chi connectivity index (χ3n) is 2.15. The van der Waals surface area contributed by atoms with E-state index in [0.717, 1.165) is 11.6 Å². The van der Waals surface area contributed by atoms with Crippen LogP contribution < -0.4 is 5.32 Å². The van der Waals surface area contributed by atoms with E-state index in [0.29, 0.717) is 28.9 Å². The number of methoxy groups -OCH3 is 1. The quantitative estimate of drug-likeness (QED) is 0.504. The number of para-hydroxylation sites is 1. The first-order valence-electron chi connectivity index (χ1n) is 5.47. The van der Waals surface area contributed by atoms with Crippen LogP contribution in [0.3, 0.4) is 0 Å². The Labute approximate surface area is 122 Å². The Bertz CT molecular complexity index is 393. The van der Waals surface area contributed by atoms with Crippen molar-refractivity contribution >= 4 is 45.8 Å². The molecule has 3 nitrogen and oxygen atoms in total. The zero-order valence-electron chi connectivity index (χ0n) is 10.4. The molecule has 100 valence electrons. The van der Waals surface area contributed by atoms with Gasteiger partial charge >= 0.3 is 0 Å². The minimum absolute atomic E-state index is 0.584. The van der Waals surface area contributed by atoms with Crippen molar-refractivity contribution < 1.29 is 4.74 Å². The van der Waals surface area contributed by atoms with Crippen LogP contribution in [0.4, 0.5) is 5.69 Å². The Kier molecular flexibility index (Phi) is 7.51. The van der Waals surface area contributed by atoms with E-state index in [1.807, 2.05) is 12.3 Å². The van der Waals surface area contributed by atoms with Gasteiger partial charge in [0.05, 0.1) is 15.7 Å². The largest absolute Gasteiger partial charge is 0.385 e. The number of anilines is 1. The molecule has 0 aromatic heterocycles. The maximum absolute atomic E-state index is 6.08. The zero-order valence-corrected chi connectivity index (χ0v) is 12.7. The van der Waals surface area contributed by atoms with Crippen molar-refractivity contribution in [1.82, 2.24) is 0 Å². The smallest absolute Gasteiger partial charge is 0.160 e. The Balaban J connectivity index is 2.67. The molecule has 1 rings (SSSR count). The number of hydrogen-bond acceptors (Lipinski definition) is 3. The number of thioether (sulfide) groups is 1. The van der Waals surface area contributed by atoms with Gasteiger partial charge < -0.3 is 10.1 Å². The molecule has 0 fully saturated rings. The minimum Gasteiger partial charge on any atom is -0.385 e. The van der Waals surface area contributed by atoms with Crippen molar-refractivity contribution in [3.63, 3.8) is 0 Å². The van der Waals surface area contributed by atoms with Gasteiger partial charge in [-0.3, -0.25) is 4.99 Å². The molecule has 1 aromatic carbocycles. The second-order valence-electron chi connectivity index (χ2n) is 3.46. The number of amidine groups is 1. The second kappa shape index (κ2) is 8.64. The van der Waals surface area contributed by atoms with Gasteiger partial charge in [-0.25, -0.2) is 0 Å². The highest BCUT2D eigenvalue weighted by Gasteiger charge is 2.07. The molecule has 0 amide bonds. The SMILES string of the molecule is COCCCN=C(Nc1c(Cl)cccc1Cl)SC. The van der Waals surface area contributed by atoms with E-state index in [1.54, 1.807) is 19.2 Å². The summed E-state index contributed by atoms with van der Waals surface area (Å²) in [5.41, 5.74) is 0.695. The Morgan fingerprint density at radius 3 is 2.61 bits per heavy atom. The summed E-state index contributed by atoms with van der Waals surface area (Å²) in [6.07, 6.45) is 2.84. The number of benzene rings is 1. The van der Waals surface area contributed by atoms with Gasteiger partial charge in [-0.05, 0) is 24.8 Å².